The van der Waals surface area contributed by atoms with Crippen molar-refractivity contribution in [1.82, 2.24) is 14.8 Å². The third-order valence-electron chi connectivity index (χ3n) is 3.49. The molecule has 1 aromatic rings. The van der Waals surface area contributed by atoms with Gasteiger partial charge in [-0.1, -0.05) is 11.6 Å². The van der Waals surface area contributed by atoms with Crippen LogP contribution in [-0.4, -0.2) is 40.5 Å². The van der Waals surface area contributed by atoms with Gasteiger partial charge in [0.15, 0.2) is 0 Å². The first-order valence-electron chi connectivity index (χ1n) is 5.87. The largest absolute Gasteiger partial charge is 0.345 e. The summed E-state index contributed by atoms with van der Waals surface area (Å²) in [5, 5.41) is 3.96. The predicted octanol–water partition coefficient (Wildman–Crippen LogP) is 1.92. The fourth-order valence-electron chi connectivity index (χ4n) is 2.23. The number of carbonyl (C=O) groups excluding carboxylic acids is 1. The fraction of sp³-hybridized carbons (Fsp3) is 0.583. The molecule has 6 heteroatoms. The molecular weight excluding hydrogens is 273 g/mol. The van der Waals surface area contributed by atoms with E-state index in [-0.39, 0.29) is 24.4 Å². The minimum absolute atomic E-state index is 0. The number of halogens is 2. The van der Waals surface area contributed by atoms with Gasteiger partial charge in [0.2, 0.25) is 0 Å². The number of carbonyl (C=O) groups is 1. The van der Waals surface area contributed by atoms with Gasteiger partial charge in [0.25, 0.3) is 5.91 Å². The Bertz CT molecular complexity index is 433. The summed E-state index contributed by atoms with van der Waals surface area (Å²) in [6.07, 6.45) is 1.76. The number of hydrogen-bond donors (Lipinski definition) is 1. The van der Waals surface area contributed by atoms with Crippen LogP contribution in [0.5, 0.6) is 0 Å². The minimum Gasteiger partial charge on any atom is -0.345 e. The number of hydrogen-bond acceptors (Lipinski definition) is 2. The molecule has 1 amide bonds. The van der Waals surface area contributed by atoms with Crippen LogP contribution in [0.25, 0.3) is 0 Å². The zero-order chi connectivity index (χ0) is 12.6. The molecule has 102 valence electrons. The molecule has 2 heterocycles. The second-order valence-corrected chi connectivity index (χ2v) is 5.07. The number of nitrogens with one attached hydrogen (secondary N) is 1. The summed E-state index contributed by atoms with van der Waals surface area (Å²) < 4.78 is 1.78. The van der Waals surface area contributed by atoms with Crippen molar-refractivity contribution in [1.29, 1.82) is 0 Å². The first-order chi connectivity index (χ1) is 8.00. The summed E-state index contributed by atoms with van der Waals surface area (Å²) in [4.78, 5) is 14.3. The Morgan fingerprint density at radius 2 is 2.17 bits per heavy atom. The zero-order valence-electron chi connectivity index (χ0n) is 10.8. The van der Waals surface area contributed by atoms with Crippen molar-refractivity contribution in [3.8, 4) is 0 Å². The van der Waals surface area contributed by atoms with E-state index in [1.54, 1.807) is 16.8 Å². The quantitative estimate of drug-likeness (QED) is 0.858. The van der Waals surface area contributed by atoms with Gasteiger partial charge in [-0.05, 0) is 19.9 Å². The lowest BCUT2D eigenvalue weighted by atomic mass is 10.1. The number of amides is 1. The van der Waals surface area contributed by atoms with E-state index in [1.807, 2.05) is 11.9 Å². The van der Waals surface area contributed by atoms with Gasteiger partial charge in [-0.15, -0.1) is 12.4 Å². The summed E-state index contributed by atoms with van der Waals surface area (Å²) in [5.41, 5.74) is 0.649. The average Bonchev–Trinajstić information content (AvgIpc) is 2.61. The van der Waals surface area contributed by atoms with Crippen LogP contribution in [0.3, 0.4) is 0 Å². The lowest BCUT2D eigenvalue weighted by Crippen LogP contribution is -2.57. The van der Waals surface area contributed by atoms with Crippen LogP contribution in [0.4, 0.5) is 0 Å². The first-order valence-corrected chi connectivity index (χ1v) is 6.24. The highest BCUT2D eigenvalue weighted by atomic mass is 35.5. The Balaban J connectivity index is 0.00000162. The Morgan fingerprint density at radius 3 is 2.72 bits per heavy atom. The highest BCUT2D eigenvalue weighted by Crippen LogP contribution is 2.18. The molecule has 4 nitrogen and oxygen atoms in total. The van der Waals surface area contributed by atoms with E-state index in [1.165, 1.54) is 0 Å². The molecule has 0 bridgehead atoms. The Labute approximate surface area is 119 Å². The van der Waals surface area contributed by atoms with Crippen molar-refractivity contribution in [2.24, 2.45) is 7.05 Å². The summed E-state index contributed by atoms with van der Waals surface area (Å²) in [5.74, 6) is 0.0558. The van der Waals surface area contributed by atoms with Crippen LogP contribution in [0.15, 0.2) is 12.3 Å². The van der Waals surface area contributed by atoms with Gasteiger partial charge in [-0.2, -0.15) is 0 Å². The Morgan fingerprint density at radius 1 is 1.50 bits per heavy atom. The van der Waals surface area contributed by atoms with Gasteiger partial charge in [-0.3, -0.25) is 4.79 Å². The number of nitrogens with zero attached hydrogens (tertiary/aromatic N) is 2. The van der Waals surface area contributed by atoms with Gasteiger partial charge in [0.05, 0.1) is 5.02 Å². The van der Waals surface area contributed by atoms with Crippen LogP contribution in [0.1, 0.15) is 24.3 Å². The third-order valence-corrected chi connectivity index (χ3v) is 3.69. The topological polar surface area (TPSA) is 37.3 Å². The molecule has 1 aliphatic rings. The normalized spacial score (nSPS) is 23.7. The molecule has 1 aromatic heterocycles. The maximum absolute atomic E-state index is 12.4. The molecule has 0 spiro atoms. The highest BCUT2D eigenvalue weighted by molar-refractivity contribution is 6.31. The second-order valence-electron chi connectivity index (χ2n) is 4.64. The maximum atomic E-state index is 12.4. The number of aryl methyl sites for hydroxylation is 1. The maximum Gasteiger partial charge on any atom is 0.270 e. The molecule has 2 rings (SSSR count). The van der Waals surface area contributed by atoms with Gasteiger partial charge in [0.1, 0.15) is 5.69 Å². The third kappa shape index (κ3) is 2.82. The van der Waals surface area contributed by atoms with Crippen molar-refractivity contribution >= 4 is 29.9 Å². The number of piperazine rings is 1. The Kier molecular flexibility index (Phi) is 5.08. The fourth-order valence-corrected chi connectivity index (χ4v) is 2.48. The molecule has 2 atom stereocenters. The molecule has 0 aliphatic carbocycles. The molecule has 0 radical (unpaired) electrons. The van der Waals surface area contributed by atoms with Crippen molar-refractivity contribution < 1.29 is 4.79 Å². The number of rotatable bonds is 1. The van der Waals surface area contributed by atoms with E-state index in [2.05, 4.69) is 19.2 Å². The molecule has 1 fully saturated rings. The molecule has 2 unspecified atom stereocenters. The van der Waals surface area contributed by atoms with E-state index in [9.17, 15) is 4.79 Å². The number of aromatic nitrogens is 1. The molecule has 1 aliphatic heterocycles. The van der Waals surface area contributed by atoms with Crippen LogP contribution in [0.2, 0.25) is 5.02 Å². The van der Waals surface area contributed by atoms with Gasteiger partial charge >= 0.3 is 0 Å². The van der Waals surface area contributed by atoms with E-state index < -0.39 is 0 Å². The molecule has 0 aromatic carbocycles. The molecule has 0 saturated carbocycles. The summed E-state index contributed by atoms with van der Waals surface area (Å²) in [6, 6.07) is 2.25. The molecule has 1 N–H and O–H groups in total. The lowest BCUT2D eigenvalue weighted by molar-refractivity contribution is 0.0593. The standard InChI is InChI=1S/C12H18ClN3O.ClH/c1-8-9(2)16(5-4-14-8)12(17)11-6-10(13)7-15(11)3;/h6-9,14H,4-5H2,1-3H3;1H. The smallest absolute Gasteiger partial charge is 0.270 e. The van der Waals surface area contributed by atoms with Crippen LogP contribution in [0, 0.1) is 0 Å². The van der Waals surface area contributed by atoms with Crippen molar-refractivity contribution in [2.45, 2.75) is 25.9 Å². The summed E-state index contributed by atoms with van der Waals surface area (Å²) >= 11 is 5.91. The summed E-state index contributed by atoms with van der Waals surface area (Å²) in [7, 11) is 1.84. The van der Waals surface area contributed by atoms with E-state index in [0.717, 1.165) is 13.1 Å². The van der Waals surface area contributed by atoms with Crippen molar-refractivity contribution in [2.75, 3.05) is 13.1 Å². The minimum atomic E-state index is 0. The average molecular weight is 292 g/mol. The first kappa shape index (κ1) is 15.3. The highest BCUT2D eigenvalue weighted by Gasteiger charge is 2.29. The van der Waals surface area contributed by atoms with E-state index in [4.69, 9.17) is 11.6 Å². The van der Waals surface area contributed by atoms with E-state index in [0.29, 0.717) is 16.8 Å². The van der Waals surface area contributed by atoms with Gasteiger partial charge in [-0.25, -0.2) is 0 Å². The second kappa shape index (κ2) is 5.95. The monoisotopic (exact) mass is 291 g/mol. The lowest BCUT2D eigenvalue weighted by Gasteiger charge is -2.38. The van der Waals surface area contributed by atoms with E-state index >= 15 is 0 Å². The van der Waals surface area contributed by atoms with Crippen LogP contribution < -0.4 is 5.32 Å². The molecular formula is C12H19Cl2N3O. The Hall–Kier alpha value is -0.710. The predicted molar refractivity (Wildman–Crippen MR) is 75.6 cm³/mol. The van der Waals surface area contributed by atoms with Crippen LogP contribution >= 0.6 is 24.0 Å². The van der Waals surface area contributed by atoms with Gasteiger partial charge < -0.3 is 14.8 Å². The van der Waals surface area contributed by atoms with Crippen LogP contribution in [-0.2, 0) is 7.05 Å². The van der Waals surface area contributed by atoms with Gasteiger partial charge in [0, 0.05) is 38.4 Å². The zero-order valence-corrected chi connectivity index (χ0v) is 12.4. The summed E-state index contributed by atoms with van der Waals surface area (Å²) in [6.45, 7) is 5.75. The molecule has 1 saturated heterocycles. The molecule has 18 heavy (non-hydrogen) atoms. The SMILES string of the molecule is CC1NCCN(C(=O)c2cc(Cl)cn2C)C1C.Cl. The van der Waals surface area contributed by atoms with Crippen molar-refractivity contribution in [3.05, 3.63) is 23.0 Å². The van der Waals surface area contributed by atoms with Crippen molar-refractivity contribution in [3.63, 3.8) is 0 Å².